The molecule has 0 aromatic heterocycles. The Kier molecular flexibility index (Phi) is 10.9. The van der Waals surface area contributed by atoms with Crippen molar-refractivity contribution in [3.05, 3.63) is 282 Å². The van der Waals surface area contributed by atoms with E-state index in [1.54, 1.807) is 24.3 Å². The number of anilines is 9. The molecule has 0 saturated heterocycles. The SMILES string of the molecule is CC(C)(C)c1ccc(N(c2ccc(F)cc2)c2cc3c(c4ccccc24)-c2c(cc(N(c4ccc(F)cc4)c4ccc(C(C)(C)C)cc4)c4ccccc24)C32c3ccccc3N(c3ccccc3)c3ccccc32)cc1. The van der Waals surface area contributed by atoms with Crippen molar-refractivity contribution in [1.29, 1.82) is 0 Å². The Morgan fingerprint density at radius 1 is 0.342 bits per heavy atom. The third-order valence-electron chi connectivity index (χ3n) is 15.9. The van der Waals surface area contributed by atoms with Gasteiger partial charge in [0.1, 0.15) is 11.6 Å². The first-order valence-electron chi connectivity index (χ1n) is 26.3. The average Bonchev–Trinajstić information content (AvgIpc) is 3.97. The molecule has 0 bridgehead atoms. The lowest BCUT2D eigenvalue weighted by atomic mass is 9.64. The lowest BCUT2D eigenvalue weighted by Crippen LogP contribution is -2.36. The lowest BCUT2D eigenvalue weighted by molar-refractivity contribution is 0.590. The molecule has 1 aliphatic heterocycles. The van der Waals surface area contributed by atoms with Crippen molar-refractivity contribution in [3.8, 4) is 11.1 Å². The monoisotopic (exact) mass is 989 g/mol. The fourth-order valence-electron chi connectivity index (χ4n) is 12.3. The minimum Gasteiger partial charge on any atom is -0.310 e. The molecule has 2 aliphatic rings. The number of hydrogen-bond donors (Lipinski definition) is 0. The zero-order chi connectivity index (χ0) is 52.1. The minimum atomic E-state index is -0.907. The number of halogens is 2. The molecule has 13 rings (SSSR count). The summed E-state index contributed by atoms with van der Waals surface area (Å²) in [5.41, 5.74) is 17.2. The van der Waals surface area contributed by atoms with E-state index < -0.39 is 5.41 Å². The fourth-order valence-corrected chi connectivity index (χ4v) is 12.3. The summed E-state index contributed by atoms with van der Waals surface area (Å²) in [6, 6.07) is 82.6. The maximum atomic E-state index is 15.1. The van der Waals surface area contributed by atoms with Gasteiger partial charge in [-0.15, -0.1) is 0 Å². The van der Waals surface area contributed by atoms with E-state index in [1.165, 1.54) is 22.3 Å². The summed E-state index contributed by atoms with van der Waals surface area (Å²) >= 11 is 0. The molecule has 0 fully saturated rings. The van der Waals surface area contributed by atoms with Crippen molar-refractivity contribution in [2.24, 2.45) is 0 Å². The Morgan fingerprint density at radius 3 is 1.05 bits per heavy atom. The Balaban J connectivity index is 1.20. The molecule has 3 nitrogen and oxygen atoms in total. The third kappa shape index (κ3) is 7.35. The van der Waals surface area contributed by atoms with Crippen molar-refractivity contribution in [3.63, 3.8) is 0 Å². The zero-order valence-electron chi connectivity index (χ0n) is 43.6. The smallest absolute Gasteiger partial charge is 0.123 e. The largest absolute Gasteiger partial charge is 0.310 e. The van der Waals surface area contributed by atoms with Gasteiger partial charge in [-0.05, 0) is 175 Å². The van der Waals surface area contributed by atoms with Crippen LogP contribution in [0.5, 0.6) is 0 Å². The van der Waals surface area contributed by atoms with E-state index in [0.717, 1.165) is 95.0 Å². The van der Waals surface area contributed by atoms with Crippen molar-refractivity contribution >= 4 is 72.7 Å². The van der Waals surface area contributed by atoms with Crippen LogP contribution in [0.15, 0.2) is 237 Å². The molecule has 1 heterocycles. The molecule has 0 amide bonds. The number of hydrogen-bond acceptors (Lipinski definition) is 3. The molecule has 1 spiro atoms. The average molecular weight is 990 g/mol. The molecule has 0 atom stereocenters. The molecule has 0 saturated carbocycles. The summed E-state index contributed by atoms with van der Waals surface area (Å²) in [5, 5.41) is 4.35. The van der Waals surface area contributed by atoms with E-state index in [9.17, 15) is 0 Å². The fraction of sp³-hybridized carbons (Fsp3) is 0.127. The summed E-state index contributed by atoms with van der Waals surface area (Å²) in [6.45, 7) is 13.4. The van der Waals surface area contributed by atoms with Gasteiger partial charge < -0.3 is 14.7 Å². The van der Waals surface area contributed by atoms with Crippen LogP contribution in [0.25, 0.3) is 32.7 Å². The normalized spacial score (nSPS) is 13.3. The first kappa shape index (κ1) is 46.9. The second-order valence-electron chi connectivity index (χ2n) is 22.4. The molecular weight excluding hydrogens is 933 g/mol. The Morgan fingerprint density at radius 2 is 0.671 bits per heavy atom. The molecule has 0 N–H and O–H groups in total. The predicted molar refractivity (Wildman–Crippen MR) is 314 cm³/mol. The summed E-state index contributed by atoms with van der Waals surface area (Å²) in [5.74, 6) is -0.582. The van der Waals surface area contributed by atoms with Gasteiger partial charge >= 0.3 is 0 Å². The van der Waals surface area contributed by atoms with Gasteiger partial charge in [0, 0.05) is 39.2 Å². The van der Waals surface area contributed by atoms with Gasteiger partial charge in [0.15, 0.2) is 0 Å². The third-order valence-corrected chi connectivity index (χ3v) is 15.9. The van der Waals surface area contributed by atoms with Crippen molar-refractivity contribution < 1.29 is 8.78 Å². The van der Waals surface area contributed by atoms with Crippen LogP contribution in [0.3, 0.4) is 0 Å². The van der Waals surface area contributed by atoms with E-state index >= 15 is 8.78 Å². The molecule has 0 radical (unpaired) electrons. The van der Waals surface area contributed by atoms with Crippen LogP contribution in [0.1, 0.15) is 74.9 Å². The van der Waals surface area contributed by atoms with Crippen LogP contribution in [-0.2, 0) is 16.2 Å². The quantitative estimate of drug-likeness (QED) is 0.158. The Hall–Kier alpha value is -8.80. The highest BCUT2D eigenvalue weighted by molar-refractivity contribution is 6.19. The highest BCUT2D eigenvalue weighted by Gasteiger charge is 2.53. The first-order valence-corrected chi connectivity index (χ1v) is 26.3. The molecular formula is C71H57F2N3. The second kappa shape index (κ2) is 17.7. The van der Waals surface area contributed by atoms with Crippen LogP contribution in [0.2, 0.25) is 0 Å². The highest BCUT2D eigenvalue weighted by atomic mass is 19.1. The van der Waals surface area contributed by atoms with E-state index in [-0.39, 0.29) is 22.5 Å². The van der Waals surface area contributed by atoms with Crippen LogP contribution in [0, 0.1) is 11.6 Å². The molecule has 11 aromatic rings. The van der Waals surface area contributed by atoms with Gasteiger partial charge in [0.25, 0.3) is 0 Å². The van der Waals surface area contributed by atoms with Gasteiger partial charge in [0.05, 0.1) is 28.2 Å². The number of para-hydroxylation sites is 3. The van der Waals surface area contributed by atoms with E-state index in [2.05, 4.69) is 244 Å². The summed E-state index contributed by atoms with van der Waals surface area (Å²) in [4.78, 5) is 7.03. The molecule has 11 aromatic carbocycles. The van der Waals surface area contributed by atoms with E-state index in [4.69, 9.17) is 0 Å². The van der Waals surface area contributed by atoms with Crippen molar-refractivity contribution in [1.82, 2.24) is 0 Å². The first-order chi connectivity index (χ1) is 36.8. The van der Waals surface area contributed by atoms with Gasteiger partial charge in [-0.2, -0.15) is 0 Å². The second-order valence-corrected chi connectivity index (χ2v) is 22.4. The van der Waals surface area contributed by atoms with Gasteiger partial charge in [-0.1, -0.05) is 169 Å². The standard InChI is InChI=1S/C71H57F2N3/c1-69(2,3)46-28-36-51(37-29-46)74(53-40-32-48(72)33-41-53)65-44-61-67(57-22-12-10-20-55(57)65)68-58-23-13-11-21-56(58)66(75(54-42-34-49(73)35-43-54)52-38-30-47(31-39-52)70(4,5)6)45-62(68)71(61)59-24-14-16-26-63(59)76(50-18-8-7-9-19-50)64-27-17-15-25-60(64)71/h7-45H,1-6H3. The molecule has 0 unspecified atom stereocenters. The number of fused-ring (bicyclic) bond motifs is 13. The molecule has 370 valence electrons. The van der Waals surface area contributed by atoms with Crippen LogP contribution >= 0.6 is 0 Å². The van der Waals surface area contributed by atoms with Gasteiger partial charge in [0.2, 0.25) is 0 Å². The highest BCUT2D eigenvalue weighted by Crippen LogP contribution is 2.67. The Bertz CT molecular complexity index is 3770. The van der Waals surface area contributed by atoms with Crippen LogP contribution in [-0.4, -0.2) is 0 Å². The minimum absolute atomic E-state index is 0.0587. The number of rotatable bonds is 7. The van der Waals surface area contributed by atoms with Crippen LogP contribution in [0.4, 0.5) is 60.0 Å². The summed E-state index contributed by atoms with van der Waals surface area (Å²) in [7, 11) is 0. The number of benzene rings is 11. The molecule has 5 heteroatoms. The predicted octanol–water partition coefficient (Wildman–Crippen LogP) is 20.0. The number of nitrogens with zero attached hydrogens (tertiary/aromatic N) is 3. The summed E-state index contributed by atoms with van der Waals surface area (Å²) < 4.78 is 30.1. The topological polar surface area (TPSA) is 9.72 Å². The summed E-state index contributed by atoms with van der Waals surface area (Å²) in [6.07, 6.45) is 0. The lowest BCUT2D eigenvalue weighted by Gasteiger charge is -2.45. The molecule has 76 heavy (non-hydrogen) atoms. The maximum absolute atomic E-state index is 15.1. The van der Waals surface area contributed by atoms with Crippen molar-refractivity contribution in [2.75, 3.05) is 14.7 Å². The van der Waals surface area contributed by atoms with Gasteiger partial charge in [-0.3, -0.25) is 0 Å². The Labute approximate surface area is 444 Å². The van der Waals surface area contributed by atoms with E-state index in [1.807, 2.05) is 24.3 Å². The van der Waals surface area contributed by atoms with Crippen LogP contribution < -0.4 is 14.7 Å². The van der Waals surface area contributed by atoms with E-state index in [0.29, 0.717) is 0 Å². The zero-order valence-corrected chi connectivity index (χ0v) is 43.6. The van der Waals surface area contributed by atoms with Gasteiger partial charge in [-0.25, -0.2) is 8.78 Å². The van der Waals surface area contributed by atoms with Crippen molar-refractivity contribution in [2.45, 2.75) is 57.8 Å². The maximum Gasteiger partial charge on any atom is 0.123 e. The molecule has 1 aliphatic carbocycles.